The summed E-state index contributed by atoms with van der Waals surface area (Å²) in [6, 6.07) is 9.35. The first kappa shape index (κ1) is 20.4. The van der Waals surface area contributed by atoms with Crippen LogP contribution in [0.2, 0.25) is 0 Å². The Morgan fingerprint density at radius 3 is 2.62 bits per heavy atom. The molecule has 1 fully saturated rings. The fourth-order valence-corrected chi connectivity index (χ4v) is 4.48. The third-order valence-electron chi connectivity index (χ3n) is 5.00. The number of pyridine rings is 1. The van der Waals surface area contributed by atoms with Crippen molar-refractivity contribution in [3.8, 4) is 16.8 Å². The average Bonchev–Trinajstić information content (AvgIpc) is 3.44. The van der Waals surface area contributed by atoms with Crippen LogP contribution in [-0.2, 0) is 4.79 Å². The monoisotopic (exact) mass is 463 g/mol. The van der Waals surface area contributed by atoms with Crippen LogP contribution in [0.5, 0.6) is 0 Å². The summed E-state index contributed by atoms with van der Waals surface area (Å²) in [7, 11) is 0. The van der Waals surface area contributed by atoms with Gasteiger partial charge < -0.3 is 9.73 Å². The molecule has 0 atom stereocenters. The van der Waals surface area contributed by atoms with Crippen LogP contribution in [0.4, 0.5) is 0 Å². The van der Waals surface area contributed by atoms with E-state index in [9.17, 15) is 9.59 Å². The molecule has 1 saturated heterocycles. The number of nitrogens with one attached hydrogen (secondary N) is 1. The van der Waals surface area contributed by atoms with Gasteiger partial charge in [-0.15, -0.1) is 0 Å². The molecule has 10 heteroatoms. The van der Waals surface area contributed by atoms with E-state index in [2.05, 4.69) is 15.4 Å². The van der Waals surface area contributed by atoms with Crippen LogP contribution in [-0.4, -0.2) is 29.6 Å². The minimum atomic E-state index is -0.231. The topological polar surface area (TPSA) is 95.0 Å². The second-order valence-corrected chi connectivity index (χ2v) is 9.19. The van der Waals surface area contributed by atoms with Gasteiger partial charge >= 0.3 is 5.69 Å². The summed E-state index contributed by atoms with van der Waals surface area (Å²) in [5.41, 5.74) is 2.89. The Morgan fingerprint density at radius 1 is 1.19 bits per heavy atom. The van der Waals surface area contributed by atoms with Crippen molar-refractivity contribution in [3.63, 3.8) is 0 Å². The number of benzene rings is 1. The number of carbonyl (C=O) groups excluding carboxylic acids is 1. The Hall–Kier alpha value is -3.50. The van der Waals surface area contributed by atoms with Gasteiger partial charge in [-0.05, 0) is 37.6 Å². The van der Waals surface area contributed by atoms with Crippen LogP contribution in [0.15, 0.2) is 63.2 Å². The first-order valence-electron chi connectivity index (χ1n) is 9.80. The minimum Gasteiger partial charge on any atom is -0.456 e. The number of nitrogens with zero attached hydrogens (tertiary/aromatic N) is 4. The quantitative estimate of drug-likeness (QED) is 0.362. The van der Waals surface area contributed by atoms with Gasteiger partial charge in [0.2, 0.25) is 0 Å². The number of carbonyl (C=O) groups is 1. The zero-order chi connectivity index (χ0) is 22.4. The maximum absolute atomic E-state index is 12.5. The van der Waals surface area contributed by atoms with Crippen molar-refractivity contribution in [2.24, 2.45) is 0 Å². The zero-order valence-electron chi connectivity index (χ0n) is 17.1. The first-order chi connectivity index (χ1) is 15.4. The summed E-state index contributed by atoms with van der Waals surface area (Å²) in [6.45, 7) is 3.82. The molecule has 4 heterocycles. The molecule has 4 aromatic rings. The molecule has 0 aliphatic carbocycles. The predicted octanol–water partition coefficient (Wildman–Crippen LogP) is 3.91. The van der Waals surface area contributed by atoms with Crippen LogP contribution >= 0.6 is 24.0 Å². The average molecular weight is 464 g/mol. The number of amides is 1. The number of fused-ring (bicyclic) bond motifs is 1. The van der Waals surface area contributed by atoms with E-state index in [1.54, 1.807) is 18.5 Å². The zero-order valence-corrected chi connectivity index (χ0v) is 18.7. The van der Waals surface area contributed by atoms with E-state index in [1.165, 1.54) is 27.3 Å². The molecular formula is C22H17N5O3S2. The second-order valence-electron chi connectivity index (χ2n) is 7.48. The maximum atomic E-state index is 12.5. The number of furan rings is 1. The Labute approximate surface area is 191 Å². The van der Waals surface area contributed by atoms with Crippen molar-refractivity contribution in [1.82, 2.24) is 24.6 Å². The van der Waals surface area contributed by atoms with Crippen LogP contribution in [0.1, 0.15) is 25.6 Å². The fourth-order valence-electron chi connectivity index (χ4n) is 3.46. The van der Waals surface area contributed by atoms with E-state index in [1.807, 2.05) is 44.2 Å². The molecule has 32 heavy (non-hydrogen) atoms. The normalized spacial score (nSPS) is 15.3. The van der Waals surface area contributed by atoms with Crippen molar-refractivity contribution >= 4 is 51.3 Å². The Balaban J connectivity index is 1.51. The van der Waals surface area contributed by atoms with E-state index in [4.69, 9.17) is 16.6 Å². The lowest BCUT2D eigenvalue weighted by atomic mass is 10.1. The van der Waals surface area contributed by atoms with E-state index >= 15 is 0 Å². The third-order valence-corrected chi connectivity index (χ3v) is 6.16. The largest absolute Gasteiger partial charge is 0.456 e. The van der Waals surface area contributed by atoms with E-state index in [0.717, 1.165) is 22.2 Å². The molecule has 160 valence electrons. The number of aromatic nitrogens is 4. The predicted molar refractivity (Wildman–Crippen MR) is 128 cm³/mol. The van der Waals surface area contributed by atoms with Gasteiger partial charge in [0.25, 0.3) is 5.91 Å². The van der Waals surface area contributed by atoms with Crippen LogP contribution < -0.4 is 11.0 Å². The SMILES string of the molecule is CC(C)n1ncn(-c2ccc(-c3cncc4cc(C=C5SC(=S)NC5=O)oc34)cc2)c1=O. The summed E-state index contributed by atoms with van der Waals surface area (Å²) in [5.74, 6) is 0.311. The van der Waals surface area contributed by atoms with Crippen LogP contribution in [0, 0.1) is 0 Å². The molecule has 0 unspecified atom stereocenters. The number of thioether (sulfide) groups is 1. The van der Waals surface area contributed by atoms with E-state index in [0.29, 0.717) is 20.6 Å². The molecule has 1 amide bonds. The molecule has 0 spiro atoms. The van der Waals surface area contributed by atoms with Gasteiger partial charge in [-0.25, -0.2) is 14.0 Å². The molecule has 1 aliphatic heterocycles. The molecule has 1 aliphatic rings. The van der Waals surface area contributed by atoms with Crippen molar-refractivity contribution in [1.29, 1.82) is 0 Å². The van der Waals surface area contributed by atoms with Gasteiger partial charge in [0.15, 0.2) is 0 Å². The summed E-state index contributed by atoms with van der Waals surface area (Å²) in [6.07, 6.45) is 6.64. The summed E-state index contributed by atoms with van der Waals surface area (Å²) < 4.78 is 9.42. The van der Waals surface area contributed by atoms with E-state index < -0.39 is 0 Å². The van der Waals surface area contributed by atoms with Crippen molar-refractivity contribution in [2.75, 3.05) is 0 Å². The molecule has 0 radical (unpaired) electrons. The van der Waals surface area contributed by atoms with Crippen molar-refractivity contribution in [2.45, 2.75) is 19.9 Å². The Morgan fingerprint density at radius 2 is 1.97 bits per heavy atom. The van der Waals surface area contributed by atoms with Gasteiger partial charge in [0.1, 0.15) is 22.0 Å². The van der Waals surface area contributed by atoms with Gasteiger partial charge in [-0.3, -0.25) is 9.78 Å². The Kier molecular flexibility index (Phi) is 5.03. The highest BCUT2D eigenvalue weighted by molar-refractivity contribution is 8.26. The Bertz CT molecular complexity index is 1460. The molecule has 1 N–H and O–H groups in total. The number of rotatable bonds is 4. The molecule has 3 aromatic heterocycles. The smallest absolute Gasteiger partial charge is 0.350 e. The number of hydrogen-bond acceptors (Lipinski definition) is 7. The maximum Gasteiger partial charge on any atom is 0.350 e. The van der Waals surface area contributed by atoms with Gasteiger partial charge in [0.05, 0.1) is 16.6 Å². The minimum absolute atomic E-state index is 0.0147. The highest BCUT2D eigenvalue weighted by Gasteiger charge is 2.23. The standard InChI is InChI=1S/C22H17N5O3S2/c1-12(2)27-22(29)26(11-24-27)15-5-3-13(4-6-15)17-10-23-9-14-7-16(30-19(14)17)8-18-20(28)25-21(31)32-18/h3-12H,1-2H3,(H,25,28,31). The lowest BCUT2D eigenvalue weighted by Crippen LogP contribution is -2.25. The van der Waals surface area contributed by atoms with Crippen molar-refractivity contribution < 1.29 is 9.21 Å². The molecule has 1 aromatic carbocycles. The van der Waals surface area contributed by atoms with Gasteiger partial charge in [-0.1, -0.05) is 36.1 Å². The van der Waals surface area contributed by atoms with Crippen molar-refractivity contribution in [3.05, 3.63) is 70.2 Å². The number of thiocarbonyl (C=S) groups is 1. The lowest BCUT2D eigenvalue weighted by Gasteiger charge is -2.05. The highest BCUT2D eigenvalue weighted by Crippen LogP contribution is 2.33. The highest BCUT2D eigenvalue weighted by atomic mass is 32.2. The summed E-state index contributed by atoms with van der Waals surface area (Å²) >= 11 is 6.23. The van der Waals surface area contributed by atoms with Crippen LogP contribution in [0.25, 0.3) is 33.9 Å². The summed E-state index contributed by atoms with van der Waals surface area (Å²) in [5, 5.41) is 7.58. The molecule has 5 rings (SSSR count). The van der Waals surface area contributed by atoms with Gasteiger partial charge in [0, 0.05) is 29.4 Å². The van der Waals surface area contributed by atoms with Gasteiger partial charge in [-0.2, -0.15) is 5.10 Å². The molecule has 0 saturated carbocycles. The first-order valence-corrected chi connectivity index (χ1v) is 11.0. The fraction of sp³-hybridized carbons (Fsp3) is 0.136. The third kappa shape index (κ3) is 3.57. The van der Waals surface area contributed by atoms with Crippen LogP contribution in [0.3, 0.4) is 0 Å². The second kappa shape index (κ2) is 7.88. The van der Waals surface area contributed by atoms with E-state index in [-0.39, 0.29) is 17.6 Å². The molecule has 0 bridgehead atoms. The molecular weight excluding hydrogens is 446 g/mol. The molecule has 8 nitrogen and oxygen atoms in total. The number of hydrogen-bond donors (Lipinski definition) is 1. The lowest BCUT2D eigenvalue weighted by molar-refractivity contribution is -0.115. The summed E-state index contributed by atoms with van der Waals surface area (Å²) in [4.78, 5) is 29.3.